The molecule has 2 aromatic carbocycles. The van der Waals surface area contributed by atoms with Gasteiger partial charge < -0.3 is 19.6 Å². The Kier molecular flexibility index (Phi) is 8.73. The number of unbranched alkanes of at least 4 members (excludes halogenated alkanes) is 1. The number of amides is 2. The molecule has 7 nitrogen and oxygen atoms in total. The van der Waals surface area contributed by atoms with Crippen LogP contribution in [0.15, 0.2) is 67.8 Å². The van der Waals surface area contributed by atoms with Crippen molar-refractivity contribution in [2.24, 2.45) is 11.8 Å². The average Bonchev–Trinajstić information content (AvgIpc) is 3.55. The summed E-state index contributed by atoms with van der Waals surface area (Å²) in [4.78, 5) is 45.4. The number of fused-ring (bicyclic) bond motifs is 2. The van der Waals surface area contributed by atoms with Gasteiger partial charge in [-0.25, -0.2) is 0 Å². The van der Waals surface area contributed by atoms with E-state index in [1.165, 1.54) is 0 Å². The third-order valence-electron chi connectivity index (χ3n) is 8.27. The van der Waals surface area contributed by atoms with Gasteiger partial charge in [-0.1, -0.05) is 58.4 Å². The summed E-state index contributed by atoms with van der Waals surface area (Å²) in [7, 11) is 0. The standard InChI is InChI=1S/C31H35BrN2O5S/c1-3-5-8-17-39-30(38)24-25-28(36)34(15-9-16-35)27(31(25)19-23(32)26(24)40-31)29(37)33(14-4-2)22-13-12-20-10-6-7-11-21(20)18-22/h3-4,6-7,10-13,18,23-27,35H,1-2,5,8-9,14-17,19H2/t23?,24-,25+,26-,27?,31?/m1/s1. The molecule has 212 valence electrons. The zero-order valence-electron chi connectivity index (χ0n) is 22.4. The van der Waals surface area contributed by atoms with Crippen molar-refractivity contribution < 1.29 is 24.2 Å². The summed E-state index contributed by atoms with van der Waals surface area (Å²) in [5.74, 6) is -2.07. The first kappa shape index (κ1) is 28.9. The Morgan fingerprint density at radius 2 is 1.95 bits per heavy atom. The summed E-state index contributed by atoms with van der Waals surface area (Å²) in [6, 6.07) is 13.1. The third-order valence-corrected chi connectivity index (χ3v) is 11.5. The predicted octanol–water partition coefficient (Wildman–Crippen LogP) is 4.72. The second-order valence-corrected chi connectivity index (χ2v) is 13.4. The second kappa shape index (κ2) is 12.1. The maximum absolute atomic E-state index is 14.6. The first-order valence-corrected chi connectivity index (χ1v) is 15.6. The minimum absolute atomic E-state index is 0.0334. The molecule has 3 heterocycles. The Bertz CT molecular complexity index is 1320. The fourth-order valence-corrected chi connectivity index (χ4v) is 10.2. The van der Waals surface area contributed by atoms with Gasteiger partial charge in [0.05, 0.1) is 23.2 Å². The highest BCUT2D eigenvalue weighted by atomic mass is 79.9. The van der Waals surface area contributed by atoms with Crippen molar-refractivity contribution in [2.45, 2.75) is 46.5 Å². The van der Waals surface area contributed by atoms with Gasteiger partial charge in [-0.3, -0.25) is 14.4 Å². The van der Waals surface area contributed by atoms with Gasteiger partial charge in [0, 0.05) is 35.5 Å². The van der Waals surface area contributed by atoms with E-state index in [1.54, 1.807) is 33.7 Å². The van der Waals surface area contributed by atoms with Gasteiger partial charge in [0.2, 0.25) is 5.91 Å². The highest BCUT2D eigenvalue weighted by Crippen LogP contribution is 2.68. The number of aliphatic hydroxyl groups is 1. The van der Waals surface area contributed by atoms with Crippen LogP contribution in [0.3, 0.4) is 0 Å². The first-order chi connectivity index (χ1) is 19.4. The molecule has 40 heavy (non-hydrogen) atoms. The predicted molar refractivity (Wildman–Crippen MR) is 163 cm³/mol. The van der Waals surface area contributed by atoms with Gasteiger partial charge in [0.1, 0.15) is 6.04 Å². The molecule has 3 aliphatic heterocycles. The lowest BCUT2D eigenvalue weighted by atomic mass is 9.71. The largest absolute Gasteiger partial charge is 0.465 e. The molecule has 2 bridgehead atoms. The van der Waals surface area contributed by atoms with E-state index in [9.17, 15) is 19.5 Å². The number of benzene rings is 2. The Hall–Kier alpha value is -2.62. The van der Waals surface area contributed by atoms with Crippen molar-refractivity contribution in [3.05, 3.63) is 67.8 Å². The van der Waals surface area contributed by atoms with Crippen LogP contribution in [0.2, 0.25) is 0 Å². The summed E-state index contributed by atoms with van der Waals surface area (Å²) in [6.07, 6.45) is 5.82. The van der Waals surface area contributed by atoms with Gasteiger partial charge in [0.15, 0.2) is 0 Å². The van der Waals surface area contributed by atoms with Crippen LogP contribution in [-0.2, 0) is 19.1 Å². The van der Waals surface area contributed by atoms with Gasteiger partial charge >= 0.3 is 5.97 Å². The fourth-order valence-electron chi connectivity index (χ4n) is 6.60. The van der Waals surface area contributed by atoms with E-state index in [0.717, 1.165) is 22.9 Å². The zero-order chi connectivity index (χ0) is 28.4. The number of rotatable bonds is 12. The van der Waals surface area contributed by atoms with Crippen LogP contribution in [0.4, 0.5) is 5.69 Å². The number of likely N-dealkylation sites (tertiary alicyclic amines) is 1. The van der Waals surface area contributed by atoms with E-state index in [0.29, 0.717) is 19.3 Å². The molecule has 1 N–H and O–H groups in total. The van der Waals surface area contributed by atoms with Gasteiger partial charge in [-0.2, -0.15) is 0 Å². The number of nitrogens with zero attached hydrogens (tertiary/aromatic N) is 2. The zero-order valence-corrected chi connectivity index (χ0v) is 24.8. The Labute approximate surface area is 247 Å². The van der Waals surface area contributed by atoms with Gasteiger partial charge in [-0.05, 0) is 48.6 Å². The first-order valence-electron chi connectivity index (χ1n) is 13.8. The molecule has 0 aromatic heterocycles. The molecule has 9 heteroatoms. The number of hydrogen-bond donors (Lipinski definition) is 1. The minimum atomic E-state index is -0.781. The average molecular weight is 628 g/mol. The number of carbonyl (C=O) groups is 3. The molecule has 3 saturated heterocycles. The number of thioether (sulfide) groups is 1. The molecule has 2 amide bonds. The van der Waals surface area contributed by atoms with E-state index >= 15 is 0 Å². The van der Waals surface area contributed by atoms with Crippen LogP contribution in [-0.4, -0.2) is 75.0 Å². The van der Waals surface area contributed by atoms with E-state index < -0.39 is 22.6 Å². The lowest BCUT2D eigenvalue weighted by Crippen LogP contribution is -2.55. The lowest BCUT2D eigenvalue weighted by molar-refractivity contribution is -0.154. The number of anilines is 1. The van der Waals surface area contributed by atoms with Gasteiger partial charge in [0.25, 0.3) is 5.91 Å². The number of esters is 1. The van der Waals surface area contributed by atoms with Crippen LogP contribution in [0.1, 0.15) is 25.7 Å². The van der Waals surface area contributed by atoms with Crippen molar-refractivity contribution in [3.63, 3.8) is 0 Å². The van der Waals surface area contributed by atoms with Gasteiger partial charge in [-0.15, -0.1) is 24.9 Å². The van der Waals surface area contributed by atoms with Crippen molar-refractivity contribution in [2.75, 3.05) is 31.2 Å². The molecule has 0 aliphatic carbocycles. The van der Waals surface area contributed by atoms with E-state index in [2.05, 4.69) is 29.1 Å². The molecule has 0 radical (unpaired) electrons. The lowest BCUT2D eigenvalue weighted by Gasteiger charge is -2.37. The minimum Gasteiger partial charge on any atom is -0.465 e. The quantitative estimate of drug-likeness (QED) is 0.159. The number of halogens is 1. The molecular formula is C31H35BrN2O5S. The van der Waals surface area contributed by atoms with E-state index in [4.69, 9.17) is 4.74 Å². The SMILES string of the molecule is C=CCCCOC(=O)[C@H]1[C@@H]2SC3(CC2Br)C(C(=O)N(CC=C)c2ccc4ccccc4c2)N(CCCO)C(=O)[C@H]13. The van der Waals surface area contributed by atoms with Crippen molar-refractivity contribution >= 4 is 61.9 Å². The fraction of sp³-hybridized carbons (Fsp3) is 0.452. The van der Waals surface area contributed by atoms with Crippen LogP contribution >= 0.6 is 27.7 Å². The Morgan fingerprint density at radius 3 is 2.67 bits per heavy atom. The second-order valence-electron chi connectivity index (χ2n) is 10.6. The third kappa shape index (κ3) is 4.90. The van der Waals surface area contributed by atoms with E-state index in [-0.39, 0.29) is 54.2 Å². The topological polar surface area (TPSA) is 87.2 Å². The monoisotopic (exact) mass is 626 g/mol. The molecule has 3 unspecified atom stereocenters. The van der Waals surface area contributed by atoms with Crippen LogP contribution in [0, 0.1) is 11.8 Å². The van der Waals surface area contributed by atoms with Crippen LogP contribution < -0.4 is 4.90 Å². The summed E-state index contributed by atoms with van der Waals surface area (Å²) in [5, 5.41) is 11.5. The van der Waals surface area contributed by atoms with Crippen molar-refractivity contribution in [1.29, 1.82) is 0 Å². The molecule has 2 aromatic rings. The van der Waals surface area contributed by atoms with E-state index in [1.807, 2.05) is 42.5 Å². The van der Waals surface area contributed by atoms with Crippen molar-refractivity contribution in [1.82, 2.24) is 4.90 Å². The summed E-state index contributed by atoms with van der Waals surface area (Å²) in [6.45, 7) is 8.29. The summed E-state index contributed by atoms with van der Waals surface area (Å²) < 4.78 is 4.88. The molecule has 6 atom stereocenters. The molecule has 5 rings (SSSR count). The highest BCUT2D eigenvalue weighted by Gasteiger charge is 2.76. The highest BCUT2D eigenvalue weighted by molar-refractivity contribution is 9.09. The summed E-state index contributed by atoms with van der Waals surface area (Å²) in [5.41, 5.74) is 0.726. The molecular weight excluding hydrogens is 592 g/mol. The number of hydrogen-bond acceptors (Lipinski definition) is 6. The molecule has 3 fully saturated rings. The van der Waals surface area contributed by atoms with Crippen molar-refractivity contribution in [3.8, 4) is 0 Å². The normalized spacial score (nSPS) is 28.5. The number of ether oxygens (including phenoxy) is 1. The molecule has 3 aliphatic rings. The van der Waals surface area contributed by atoms with Crippen LogP contribution in [0.5, 0.6) is 0 Å². The van der Waals surface area contributed by atoms with Crippen LogP contribution in [0.25, 0.3) is 10.8 Å². The number of aliphatic hydroxyl groups excluding tert-OH is 1. The maximum Gasteiger partial charge on any atom is 0.310 e. The number of allylic oxidation sites excluding steroid dienone is 1. The number of alkyl halides is 1. The smallest absolute Gasteiger partial charge is 0.310 e. The molecule has 1 spiro atoms. The number of carbonyl (C=O) groups excluding carboxylic acids is 3. The summed E-state index contributed by atoms with van der Waals surface area (Å²) >= 11 is 5.37. The Balaban J connectivity index is 1.52. The molecule has 0 saturated carbocycles. The Morgan fingerprint density at radius 1 is 1.18 bits per heavy atom. The maximum atomic E-state index is 14.6.